The van der Waals surface area contributed by atoms with Gasteiger partial charge in [0.1, 0.15) is 11.4 Å². The van der Waals surface area contributed by atoms with E-state index in [0.717, 1.165) is 24.9 Å². The predicted molar refractivity (Wildman–Crippen MR) is 111 cm³/mol. The van der Waals surface area contributed by atoms with E-state index < -0.39 is 21.3 Å². The van der Waals surface area contributed by atoms with Crippen LogP contribution >= 0.6 is 0 Å². The number of sulfone groups is 1. The van der Waals surface area contributed by atoms with Crippen LogP contribution in [0.25, 0.3) is 0 Å². The lowest BCUT2D eigenvalue weighted by atomic mass is 10.2. The van der Waals surface area contributed by atoms with Crippen LogP contribution in [0.5, 0.6) is 11.5 Å². The topological polar surface area (TPSA) is 100 Å². The van der Waals surface area contributed by atoms with Gasteiger partial charge in [0.15, 0.2) is 21.3 Å². The molecule has 3 rings (SSSR count). The summed E-state index contributed by atoms with van der Waals surface area (Å²) in [6, 6.07) is 4.63. The minimum absolute atomic E-state index is 0.169. The Balaban J connectivity index is 1.72. The van der Waals surface area contributed by atoms with Crippen molar-refractivity contribution >= 4 is 15.5 Å². The Labute approximate surface area is 172 Å². The van der Waals surface area contributed by atoms with E-state index >= 15 is 0 Å². The fourth-order valence-corrected chi connectivity index (χ4v) is 5.30. The second-order valence-corrected chi connectivity index (χ2v) is 9.38. The maximum atomic E-state index is 13.2. The van der Waals surface area contributed by atoms with Gasteiger partial charge in [-0.1, -0.05) is 25.7 Å². The first-order valence-corrected chi connectivity index (χ1v) is 11.7. The Morgan fingerprint density at radius 1 is 1.34 bits per heavy atom. The Morgan fingerprint density at radius 2 is 2.17 bits per heavy atom. The molecule has 0 aliphatic carbocycles. The molecule has 2 atom stereocenters. The third kappa shape index (κ3) is 5.54. The average Bonchev–Trinajstić information content (AvgIpc) is 3.20. The van der Waals surface area contributed by atoms with E-state index in [2.05, 4.69) is 24.1 Å². The van der Waals surface area contributed by atoms with Gasteiger partial charge in [-0.2, -0.15) is 5.48 Å². The van der Waals surface area contributed by atoms with Crippen LogP contribution in [-0.2, 0) is 9.84 Å². The zero-order chi connectivity index (χ0) is 20.7. The van der Waals surface area contributed by atoms with Crippen LogP contribution in [0, 0.1) is 11.8 Å². The molecule has 0 saturated carbocycles. The van der Waals surface area contributed by atoms with Crippen LogP contribution < -0.4 is 25.2 Å². The number of benzene rings is 1. The highest BCUT2D eigenvalue weighted by Gasteiger charge is 2.35. The molecule has 0 aromatic heterocycles. The number of fused-ring (bicyclic) bond motifs is 1. The van der Waals surface area contributed by atoms with Crippen LogP contribution in [0.2, 0.25) is 0 Å². The van der Waals surface area contributed by atoms with Gasteiger partial charge in [-0.3, -0.25) is 0 Å². The van der Waals surface area contributed by atoms with Crippen molar-refractivity contribution in [3.8, 4) is 23.3 Å². The van der Waals surface area contributed by atoms with Crippen molar-refractivity contribution in [3.05, 3.63) is 18.2 Å². The fourth-order valence-electron chi connectivity index (χ4n) is 3.47. The molecule has 8 nitrogen and oxygen atoms in total. The Hall–Kier alpha value is -1.99. The third-order valence-electron chi connectivity index (χ3n) is 5.03. The van der Waals surface area contributed by atoms with E-state index in [1.165, 1.54) is 0 Å². The van der Waals surface area contributed by atoms with Gasteiger partial charge in [-0.15, -0.1) is 5.92 Å². The summed E-state index contributed by atoms with van der Waals surface area (Å²) < 4.78 is 37.1. The molecule has 2 aliphatic heterocycles. The summed E-state index contributed by atoms with van der Waals surface area (Å²) in [4.78, 5) is 1.86. The zero-order valence-electron chi connectivity index (χ0n) is 16.7. The van der Waals surface area contributed by atoms with Crippen molar-refractivity contribution in [2.45, 2.75) is 44.0 Å². The van der Waals surface area contributed by atoms with Crippen molar-refractivity contribution in [1.29, 1.82) is 0 Å². The molecule has 0 bridgehead atoms. The number of hydrogen-bond acceptors (Lipinski definition) is 8. The van der Waals surface area contributed by atoms with E-state index in [1.807, 2.05) is 22.5 Å². The highest BCUT2D eigenvalue weighted by atomic mass is 32.2. The molecule has 3 N–H and O–H groups in total. The lowest BCUT2D eigenvalue weighted by Gasteiger charge is -2.37. The van der Waals surface area contributed by atoms with Crippen molar-refractivity contribution in [2.75, 3.05) is 37.1 Å². The van der Waals surface area contributed by atoms with Gasteiger partial charge in [0.05, 0.1) is 5.75 Å². The van der Waals surface area contributed by atoms with Crippen LogP contribution in [0.1, 0.15) is 32.6 Å². The molecule has 2 unspecified atom stereocenters. The molecular weight excluding hydrogens is 394 g/mol. The maximum absolute atomic E-state index is 13.2. The van der Waals surface area contributed by atoms with Crippen molar-refractivity contribution in [3.63, 3.8) is 0 Å². The lowest BCUT2D eigenvalue weighted by Crippen LogP contribution is -2.56. The number of rotatable bonds is 8. The smallest absolute Gasteiger partial charge is 0.231 e. The first-order valence-electron chi connectivity index (χ1n) is 10.0. The molecule has 29 heavy (non-hydrogen) atoms. The molecule has 160 valence electrons. The largest absolute Gasteiger partial charge is 0.454 e. The van der Waals surface area contributed by atoms with Crippen molar-refractivity contribution in [2.24, 2.45) is 0 Å². The molecule has 1 fully saturated rings. The molecule has 1 saturated heterocycles. The molecule has 9 heteroatoms. The monoisotopic (exact) mass is 423 g/mol. The molecular formula is C20H29N3O5S. The van der Waals surface area contributed by atoms with E-state index in [4.69, 9.17) is 9.47 Å². The summed E-state index contributed by atoms with van der Waals surface area (Å²) in [5.41, 5.74) is 2.82. The van der Waals surface area contributed by atoms with Gasteiger partial charge in [0.2, 0.25) is 6.79 Å². The van der Waals surface area contributed by atoms with Crippen LogP contribution in [-0.4, -0.2) is 57.2 Å². The molecule has 2 heterocycles. The zero-order valence-corrected chi connectivity index (χ0v) is 17.5. The molecule has 0 radical (unpaired) electrons. The number of anilines is 1. The summed E-state index contributed by atoms with van der Waals surface area (Å²) in [6.45, 7) is 3.81. The van der Waals surface area contributed by atoms with Gasteiger partial charge in [0.25, 0.3) is 0 Å². The molecule has 0 amide bonds. The van der Waals surface area contributed by atoms with Crippen LogP contribution in [0.15, 0.2) is 18.2 Å². The van der Waals surface area contributed by atoms with Gasteiger partial charge in [-0.05, 0) is 18.6 Å². The number of unbranched alkanes of at least 4 members (excludes halogenated alkanes) is 3. The second kappa shape index (κ2) is 10.2. The number of nitrogens with one attached hydrogen (secondary N) is 2. The van der Waals surface area contributed by atoms with E-state index in [1.54, 1.807) is 6.07 Å². The third-order valence-corrected chi connectivity index (χ3v) is 7.08. The van der Waals surface area contributed by atoms with Gasteiger partial charge in [-0.25, -0.2) is 8.42 Å². The number of ether oxygens (including phenoxy) is 2. The van der Waals surface area contributed by atoms with Crippen molar-refractivity contribution in [1.82, 2.24) is 10.8 Å². The molecule has 1 aromatic carbocycles. The normalized spacial score (nSPS) is 19.5. The molecule has 2 aliphatic rings. The van der Waals surface area contributed by atoms with Crippen LogP contribution in [0.3, 0.4) is 0 Å². The Bertz CT molecular complexity index is 849. The van der Waals surface area contributed by atoms with Crippen LogP contribution in [0.4, 0.5) is 5.69 Å². The standard InChI is InChI=1S/C20H29N3O5S/c1-2-3-4-5-6-7-16(22-24)14-29(25,26)20-13-21-10-11-23(20)17-8-9-18-19(12-17)28-15-27-18/h8-9,12,16,20-22,24H,2-5,10-11,13-15H2,1H3. The van der Waals surface area contributed by atoms with E-state index in [0.29, 0.717) is 37.6 Å². The Kier molecular flexibility index (Phi) is 7.61. The number of piperazine rings is 1. The highest BCUT2D eigenvalue weighted by Crippen LogP contribution is 2.36. The summed E-state index contributed by atoms with van der Waals surface area (Å²) in [5.74, 6) is 6.83. The summed E-state index contributed by atoms with van der Waals surface area (Å²) >= 11 is 0. The first kappa shape index (κ1) is 21.7. The Morgan fingerprint density at radius 3 is 2.97 bits per heavy atom. The number of hydroxylamine groups is 1. The number of hydrogen-bond donors (Lipinski definition) is 3. The van der Waals surface area contributed by atoms with E-state index in [9.17, 15) is 13.6 Å². The number of nitrogens with zero attached hydrogens (tertiary/aromatic N) is 1. The minimum Gasteiger partial charge on any atom is -0.454 e. The lowest BCUT2D eigenvalue weighted by molar-refractivity contribution is 0.153. The van der Waals surface area contributed by atoms with Gasteiger partial charge in [0, 0.05) is 37.8 Å². The van der Waals surface area contributed by atoms with Gasteiger partial charge < -0.3 is 24.9 Å². The second-order valence-electron chi connectivity index (χ2n) is 7.18. The fraction of sp³-hybridized carbons (Fsp3) is 0.600. The van der Waals surface area contributed by atoms with Crippen molar-refractivity contribution < 1.29 is 23.1 Å². The van der Waals surface area contributed by atoms with E-state index in [-0.39, 0.29) is 12.5 Å². The summed E-state index contributed by atoms with van der Waals surface area (Å²) in [6.07, 6.45) is 3.85. The maximum Gasteiger partial charge on any atom is 0.231 e. The SMILES string of the molecule is CCCCCC#CC(CS(=O)(=O)C1CNCCN1c1ccc2c(c1)OCO2)NO. The van der Waals surface area contributed by atoms with Gasteiger partial charge >= 0.3 is 0 Å². The quantitative estimate of drug-likeness (QED) is 0.329. The molecule has 1 aromatic rings. The average molecular weight is 424 g/mol. The highest BCUT2D eigenvalue weighted by molar-refractivity contribution is 7.92. The first-order chi connectivity index (χ1) is 14.0. The summed E-state index contributed by atoms with van der Waals surface area (Å²) in [5, 5.41) is 11.8. The predicted octanol–water partition coefficient (Wildman–Crippen LogP) is 1.50. The summed E-state index contributed by atoms with van der Waals surface area (Å²) in [7, 11) is -3.59. The minimum atomic E-state index is -3.59. The molecule has 0 spiro atoms.